The van der Waals surface area contributed by atoms with Crippen LogP contribution in [-0.4, -0.2) is 96.5 Å². The van der Waals surface area contributed by atoms with Crippen molar-refractivity contribution in [1.82, 2.24) is 25.2 Å². The van der Waals surface area contributed by atoms with Crippen molar-refractivity contribution in [3.63, 3.8) is 0 Å². The molecule has 334 valence electrons. The van der Waals surface area contributed by atoms with Crippen molar-refractivity contribution in [2.75, 3.05) is 13.7 Å². The summed E-state index contributed by atoms with van der Waals surface area (Å²) in [6, 6.07) is 13.8. The van der Waals surface area contributed by atoms with Crippen molar-refractivity contribution in [1.29, 1.82) is 0 Å². The number of ether oxygens (including phenoxy) is 3. The van der Waals surface area contributed by atoms with Gasteiger partial charge in [0.05, 0.1) is 24.6 Å². The molecule has 4 aliphatic rings. The molecule has 18 heteroatoms. The number of carbonyl (C=O) groups excluding carboxylic acids is 4. The van der Waals surface area contributed by atoms with Crippen LogP contribution in [0.1, 0.15) is 72.6 Å². The van der Waals surface area contributed by atoms with Gasteiger partial charge in [-0.25, -0.2) is 18.2 Å². The SMILES string of the molecule is COc1ccc2c(OC3CC4C(=O)NC5(C(=O)NS(=O)(=O)C6CC6)CC5C=CCCC(C)CC(C)C(NC(=O)OC(C)(C)C(F)(F)F)C(=O)N4C3)nc(-c3ccccc3)cc2c1. The fraction of sp³-hybridized carbons (Fsp3) is 0.523. The van der Waals surface area contributed by atoms with Gasteiger partial charge in [0.15, 0.2) is 0 Å². The molecule has 3 N–H and O–H groups in total. The standard InChI is InChI=1S/C44H52F3N5O9S/c1-25-11-9-10-14-29-23-43(29,40(55)51-62(57,58)32-16-17-32)50-37(53)35-22-31(24-52(35)39(54)36(26(2)19-25)49-41(56)61-42(3,4)44(45,46)47)60-38-33-18-15-30(59-5)20-28(33)21-34(48-38)27-12-7-6-8-13-27/h6-8,10,12-15,18,20-21,25-26,29,31-32,35-36H,9,11,16-17,19,22-24H2,1-5H3,(H,49,56)(H,50,53)(H,51,55). The molecule has 14 nitrogen and oxygen atoms in total. The topological polar surface area (TPSA) is 182 Å². The van der Waals surface area contributed by atoms with E-state index in [4.69, 9.17) is 19.2 Å². The van der Waals surface area contributed by atoms with Crippen LogP contribution in [0.5, 0.6) is 11.6 Å². The van der Waals surface area contributed by atoms with E-state index in [1.807, 2.05) is 55.5 Å². The summed E-state index contributed by atoms with van der Waals surface area (Å²) < 4.78 is 86.5. The number of methoxy groups -OCH3 is 1. The Kier molecular flexibility index (Phi) is 12.3. The summed E-state index contributed by atoms with van der Waals surface area (Å²) in [7, 11) is -2.46. The van der Waals surface area contributed by atoms with Crippen LogP contribution in [0.4, 0.5) is 18.0 Å². The maximum atomic E-state index is 14.9. The van der Waals surface area contributed by atoms with Gasteiger partial charge in [0.1, 0.15) is 29.5 Å². The molecule has 7 atom stereocenters. The van der Waals surface area contributed by atoms with Crippen LogP contribution in [0.2, 0.25) is 0 Å². The Hall–Kier alpha value is -5.39. The Morgan fingerprint density at radius 3 is 2.40 bits per heavy atom. The van der Waals surface area contributed by atoms with E-state index in [2.05, 4.69) is 15.4 Å². The Morgan fingerprint density at radius 2 is 1.73 bits per heavy atom. The molecule has 0 radical (unpaired) electrons. The van der Waals surface area contributed by atoms with Crippen LogP contribution < -0.4 is 24.8 Å². The second-order valence-electron chi connectivity index (χ2n) is 17.5. The lowest BCUT2D eigenvalue weighted by molar-refractivity contribution is -0.244. The first-order valence-corrected chi connectivity index (χ1v) is 22.4. The van der Waals surface area contributed by atoms with E-state index >= 15 is 0 Å². The predicted octanol–water partition coefficient (Wildman–Crippen LogP) is 6.19. The molecule has 3 aromatic rings. The molecule has 1 saturated heterocycles. The van der Waals surface area contributed by atoms with Gasteiger partial charge < -0.3 is 29.7 Å². The van der Waals surface area contributed by atoms with Crippen molar-refractivity contribution in [2.24, 2.45) is 17.8 Å². The van der Waals surface area contributed by atoms with Crippen molar-refractivity contribution >= 4 is 44.6 Å². The molecular weight excluding hydrogens is 832 g/mol. The summed E-state index contributed by atoms with van der Waals surface area (Å²) in [5, 5.41) is 5.83. The van der Waals surface area contributed by atoms with E-state index in [-0.39, 0.29) is 31.2 Å². The lowest BCUT2D eigenvalue weighted by Gasteiger charge is -2.34. The van der Waals surface area contributed by atoms with Crippen molar-refractivity contribution in [3.05, 3.63) is 66.7 Å². The van der Waals surface area contributed by atoms with E-state index < -0.39 is 86.4 Å². The molecule has 62 heavy (non-hydrogen) atoms. The number of hydrogen-bond acceptors (Lipinski definition) is 10. The molecular formula is C44H52F3N5O9S. The van der Waals surface area contributed by atoms with E-state index in [0.29, 0.717) is 62.8 Å². The number of nitrogens with one attached hydrogen (secondary N) is 3. The normalized spacial score (nSPS) is 27.2. The van der Waals surface area contributed by atoms with E-state index in [9.17, 15) is 40.8 Å². The average molecular weight is 884 g/mol. The van der Waals surface area contributed by atoms with Gasteiger partial charge in [-0.15, -0.1) is 0 Å². The zero-order chi connectivity index (χ0) is 44.8. The summed E-state index contributed by atoms with van der Waals surface area (Å²) in [5.74, 6) is -2.93. The number of pyridine rings is 1. The smallest absolute Gasteiger partial charge is 0.427 e. The highest BCUT2D eigenvalue weighted by Gasteiger charge is 2.62. The molecule has 2 aliphatic heterocycles. The zero-order valence-electron chi connectivity index (χ0n) is 35.2. The van der Waals surface area contributed by atoms with Gasteiger partial charge >= 0.3 is 12.3 Å². The number of hydrogen-bond donors (Lipinski definition) is 3. The third-order valence-corrected chi connectivity index (χ3v) is 14.1. The predicted molar refractivity (Wildman–Crippen MR) is 222 cm³/mol. The number of alkyl halides is 3. The number of allylic oxidation sites excluding steroid dienone is 1. The molecule has 4 amide bonds. The third kappa shape index (κ3) is 9.49. The lowest BCUT2D eigenvalue weighted by Crippen LogP contribution is -2.59. The number of alkyl carbamates (subject to hydrolysis) is 1. The highest BCUT2D eigenvalue weighted by Crippen LogP contribution is 2.46. The number of benzene rings is 2. The minimum Gasteiger partial charge on any atom is -0.497 e. The summed E-state index contributed by atoms with van der Waals surface area (Å²) >= 11 is 0. The second-order valence-corrected chi connectivity index (χ2v) is 19.5. The molecule has 7 unspecified atom stereocenters. The van der Waals surface area contributed by atoms with E-state index in [1.165, 1.54) is 4.90 Å². The molecule has 7 rings (SSSR count). The Balaban J connectivity index is 1.26. The summed E-state index contributed by atoms with van der Waals surface area (Å²) in [6.45, 7) is 4.79. The number of halogens is 3. The summed E-state index contributed by atoms with van der Waals surface area (Å²) in [4.78, 5) is 62.7. The number of carbonyl (C=O) groups is 4. The quantitative estimate of drug-likeness (QED) is 0.210. The number of rotatable bonds is 9. The Labute approximate surface area is 358 Å². The molecule has 0 bridgehead atoms. The maximum absolute atomic E-state index is 14.9. The molecule has 2 saturated carbocycles. The maximum Gasteiger partial charge on any atom is 0.427 e. The van der Waals surface area contributed by atoms with Gasteiger partial charge in [-0.1, -0.05) is 56.3 Å². The fourth-order valence-corrected chi connectivity index (χ4v) is 9.64. The van der Waals surface area contributed by atoms with Crippen LogP contribution in [0.25, 0.3) is 22.0 Å². The van der Waals surface area contributed by atoms with Gasteiger partial charge in [0, 0.05) is 23.3 Å². The number of amides is 4. The van der Waals surface area contributed by atoms with Gasteiger partial charge in [0.2, 0.25) is 33.3 Å². The van der Waals surface area contributed by atoms with Crippen molar-refractivity contribution in [3.8, 4) is 22.9 Å². The van der Waals surface area contributed by atoms with Crippen LogP contribution in [0.15, 0.2) is 66.7 Å². The van der Waals surface area contributed by atoms with E-state index in [0.717, 1.165) is 10.9 Å². The van der Waals surface area contributed by atoms with Gasteiger partial charge in [0.25, 0.3) is 5.91 Å². The van der Waals surface area contributed by atoms with E-state index in [1.54, 1.807) is 32.2 Å². The molecule has 1 aromatic heterocycles. The minimum atomic E-state index is -4.92. The van der Waals surface area contributed by atoms with Crippen molar-refractivity contribution in [2.45, 2.75) is 113 Å². The first kappa shape index (κ1) is 44.7. The molecule has 0 spiro atoms. The zero-order valence-corrected chi connectivity index (χ0v) is 36.0. The second kappa shape index (κ2) is 17.1. The first-order chi connectivity index (χ1) is 29.2. The highest BCUT2D eigenvalue weighted by molar-refractivity contribution is 7.91. The number of nitrogens with zero attached hydrogens (tertiary/aromatic N) is 2. The van der Waals surface area contributed by atoms with Crippen molar-refractivity contribution < 1.29 is 55.0 Å². The lowest BCUT2D eigenvalue weighted by atomic mass is 9.88. The minimum absolute atomic E-state index is 0.0458. The molecule has 2 aromatic carbocycles. The van der Waals surface area contributed by atoms with Gasteiger partial charge in [-0.05, 0) is 93.9 Å². The number of aromatic nitrogens is 1. The number of fused-ring (bicyclic) bond motifs is 3. The third-order valence-electron chi connectivity index (χ3n) is 12.3. The first-order valence-electron chi connectivity index (χ1n) is 20.8. The van der Waals surface area contributed by atoms with Crippen LogP contribution in [0, 0.1) is 17.8 Å². The largest absolute Gasteiger partial charge is 0.497 e. The molecule has 3 fully saturated rings. The van der Waals surface area contributed by atoms with Crippen LogP contribution in [0.3, 0.4) is 0 Å². The summed E-state index contributed by atoms with van der Waals surface area (Å²) in [5.41, 5.74) is -3.19. The summed E-state index contributed by atoms with van der Waals surface area (Å²) in [6.07, 6.45) is -1.35. The average Bonchev–Trinajstić information content (AvgIpc) is 4.14. The van der Waals surface area contributed by atoms with Crippen LogP contribution in [-0.2, 0) is 29.1 Å². The van der Waals surface area contributed by atoms with Crippen LogP contribution >= 0.6 is 0 Å². The Morgan fingerprint density at radius 1 is 1.00 bits per heavy atom. The number of sulfonamides is 1. The van der Waals surface area contributed by atoms with Gasteiger partial charge in [-0.2, -0.15) is 13.2 Å². The molecule has 2 aliphatic carbocycles. The Bertz CT molecular complexity index is 2360. The fourth-order valence-electron chi connectivity index (χ4n) is 8.28. The molecule has 3 heterocycles. The highest BCUT2D eigenvalue weighted by atomic mass is 32.2. The monoisotopic (exact) mass is 883 g/mol. The van der Waals surface area contributed by atoms with Gasteiger partial charge in [-0.3, -0.25) is 19.1 Å².